The lowest BCUT2D eigenvalue weighted by molar-refractivity contribution is -0.121. The van der Waals surface area contributed by atoms with Crippen molar-refractivity contribution in [3.05, 3.63) is 48.6 Å². The van der Waals surface area contributed by atoms with Gasteiger partial charge in [0.2, 0.25) is 0 Å². The molecule has 0 N–H and O–H groups in total. The van der Waals surface area contributed by atoms with E-state index < -0.39 is 0 Å². The molecule has 0 spiro atoms. The Morgan fingerprint density at radius 1 is 1.43 bits per heavy atom. The average molecular weight is 188 g/mol. The molecule has 1 unspecified atom stereocenters. The monoisotopic (exact) mass is 188 g/mol. The minimum absolute atomic E-state index is 0.0151. The van der Waals surface area contributed by atoms with Crippen molar-refractivity contribution in [1.82, 2.24) is 0 Å². The number of allylic oxidation sites excluding steroid dienone is 1. The van der Waals surface area contributed by atoms with Gasteiger partial charge in [-0.05, 0) is 12.0 Å². The molecule has 0 heterocycles. The van der Waals surface area contributed by atoms with Crippen molar-refractivity contribution in [2.75, 3.05) is 0 Å². The molecule has 0 radical (unpaired) electrons. The highest BCUT2D eigenvalue weighted by atomic mass is 16.1. The predicted molar refractivity (Wildman–Crippen MR) is 59.1 cm³/mol. The molecule has 0 saturated carbocycles. The highest BCUT2D eigenvalue weighted by molar-refractivity contribution is 5.82. The highest BCUT2D eigenvalue weighted by Gasteiger charge is 2.08. The predicted octanol–water partition coefficient (Wildman–Crippen LogP) is 3.01. The number of carbonyl (C=O) groups is 1. The van der Waals surface area contributed by atoms with Crippen LogP contribution in [0, 0.1) is 5.92 Å². The van der Waals surface area contributed by atoms with Gasteiger partial charge in [-0.3, -0.25) is 4.79 Å². The first kappa shape index (κ1) is 10.7. The quantitative estimate of drug-likeness (QED) is 0.649. The number of ketones is 1. The molecule has 1 nitrogen and oxygen atoms in total. The van der Waals surface area contributed by atoms with Crippen LogP contribution in [0.5, 0.6) is 0 Å². The van der Waals surface area contributed by atoms with Crippen LogP contribution in [0.15, 0.2) is 43.0 Å². The molecular formula is C13H16O. The second kappa shape index (κ2) is 5.38. The van der Waals surface area contributed by atoms with Gasteiger partial charge in [0.1, 0.15) is 5.78 Å². The van der Waals surface area contributed by atoms with E-state index in [1.165, 1.54) is 5.56 Å². The van der Waals surface area contributed by atoms with E-state index in [-0.39, 0.29) is 11.7 Å². The van der Waals surface area contributed by atoms with Crippen molar-refractivity contribution in [3.63, 3.8) is 0 Å². The molecule has 0 aliphatic carbocycles. The molecule has 0 aliphatic heterocycles. The van der Waals surface area contributed by atoms with Gasteiger partial charge in [0.15, 0.2) is 0 Å². The molecule has 0 fully saturated rings. The fourth-order valence-electron chi connectivity index (χ4n) is 1.27. The number of hydrogen-bond donors (Lipinski definition) is 0. The van der Waals surface area contributed by atoms with Gasteiger partial charge in [0.25, 0.3) is 0 Å². The Morgan fingerprint density at radius 2 is 2.07 bits per heavy atom. The molecule has 0 amide bonds. The number of Topliss-reactive ketones (excluding diaryl/α,β-unsaturated/α-hetero) is 1. The Bertz CT molecular complexity index is 300. The van der Waals surface area contributed by atoms with Gasteiger partial charge >= 0.3 is 0 Å². The van der Waals surface area contributed by atoms with Crippen LogP contribution in [-0.2, 0) is 11.2 Å². The maximum absolute atomic E-state index is 11.5. The molecule has 14 heavy (non-hydrogen) atoms. The van der Waals surface area contributed by atoms with Crippen molar-refractivity contribution in [2.24, 2.45) is 5.92 Å². The van der Waals surface area contributed by atoms with Crippen molar-refractivity contribution in [3.8, 4) is 0 Å². The van der Waals surface area contributed by atoms with Gasteiger partial charge in [0, 0.05) is 12.3 Å². The first-order valence-corrected chi connectivity index (χ1v) is 4.93. The topological polar surface area (TPSA) is 17.1 Å². The normalized spacial score (nSPS) is 12.1. The van der Waals surface area contributed by atoms with Crippen LogP contribution in [0.4, 0.5) is 0 Å². The van der Waals surface area contributed by atoms with Crippen LogP contribution in [0.3, 0.4) is 0 Å². The molecule has 0 bridgehead atoms. The third-order valence-electron chi connectivity index (χ3n) is 2.36. The lowest BCUT2D eigenvalue weighted by atomic mass is 10.00. The number of benzene rings is 1. The maximum Gasteiger partial charge on any atom is 0.139 e. The summed E-state index contributed by atoms with van der Waals surface area (Å²) >= 11 is 0. The fourth-order valence-corrected chi connectivity index (χ4v) is 1.27. The Balaban J connectivity index is 2.42. The van der Waals surface area contributed by atoms with Gasteiger partial charge in [-0.2, -0.15) is 0 Å². The van der Waals surface area contributed by atoms with Gasteiger partial charge in [0.05, 0.1) is 0 Å². The summed E-state index contributed by atoms with van der Waals surface area (Å²) in [5.74, 6) is 0.252. The smallest absolute Gasteiger partial charge is 0.139 e. The summed E-state index contributed by atoms with van der Waals surface area (Å²) in [6.45, 7) is 5.51. The van der Waals surface area contributed by atoms with Crippen molar-refractivity contribution in [2.45, 2.75) is 19.8 Å². The van der Waals surface area contributed by atoms with Gasteiger partial charge < -0.3 is 0 Å². The van der Waals surface area contributed by atoms with Gasteiger partial charge in [-0.25, -0.2) is 0 Å². The van der Waals surface area contributed by atoms with Crippen LogP contribution in [-0.4, -0.2) is 5.78 Å². The van der Waals surface area contributed by atoms with E-state index >= 15 is 0 Å². The van der Waals surface area contributed by atoms with E-state index in [9.17, 15) is 4.79 Å². The summed E-state index contributed by atoms with van der Waals surface area (Å²) < 4.78 is 0. The molecule has 0 saturated heterocycles. The molecule has 74 valence electrons. The largest absolute Gasteiger partial charge is 0.299 e. The first-order chi connectivity index (χ1) is 6.74. The van der Waals surface area contributed by atoms with Crippen LogP contribution in [0.2, 0.25) is 0 Å². The summed E-state index contributed by atoms with van der Waals surface area (Å²) in [5, 5.41) is 0. The number of carbonyl (C=O) groups excluding carboxylic acids is 1. The van der Waals surface area contributed by atoms with E-state index in [1.54, 1.807) is 6.08 Å². The standard InChI is InChI=1S/C13H16O/c1-3-11(2)13(14)10-9-12-7-5-4-6-8-12/h3-8,11H,1,9-10H2,2H3. The zero-order valence-corrected chi connectivity index (χ0v) is 8.57. The summed E-state index contributed by atoms with van der Waals surface area (Å²) in [7, 11) is 0. The maximum atomic E-state index is 11.5. The number of rotatable bonds is 5. The van der Waals surface area contributed by atoms with Crippen LogP contribution < -0.4 is 0 Å². The molecule has 1 atom stereocenters. The summed E-state index contributed by atoms with van der Waals surface area (Å²) in [4.78, 5) is 11.5. The van der Waals surface area contributed by atoms with E-state index in [1.807, 2.05) is 37.3 Å². The van der Waals surface area contributed by atoms with E-state index in [0.717, 1.165) is 6.42 Å². The van der Waals surface area contributed by atoms with Crippen LogP contribution in [0.25, 0.3) is 0 Å². The van der Waals surface area contributed by atoms with Crippen LogP contribution in [0.1, 0.15) is 18.9 Å². The summed E-state index contributed by atoms with van der Waals surface area (Å²) in [6, 6.07) is 10.1. The molecule has 0 aliphatic rings. The molecule has 1 aromatic rings. The number of hydrogen-bond acceptors (Lipinski definition) is 1. The van der Waals surface area contributed by atoms with E-state index in [0.29, 0.717) is 6.42 Å². The van der Waals surface area contributed by atoms with Gasteiger partial charge in [-0.15, -0.1) is 6.58 Å². The third kappa shape index (κ3) is 3.17. The Morgan fingerprint density at radius 3 is 2.64 bits per heavy atom. The lowest BCUT2D eigenvalue weighted by Crippen LogP contribution is -2.08. The SMILES string of the molecule is C=CC(C)C(=O)CCc1ccccc1. The third-order valence-corrected chi connectivity index (χ3v) is 2.36. The molecule has 1 heteroatoms. The van der Waals surface area contributed by atoms with Crippen molar-refractivity contribution in [1.29, 1.82) is 0 Å². The summed E-state index contributed by atoms with van der Waals surface area (Å²) in [5.41, 5.74) is 1.22. The van der Waals surface area contributed by atoms with Crippen molar-refractivity contribution >= 4 is 5.78 Å². The first-order valence-electron chi connectivity index (χ1n) is 4.93. The summed E-state index contributed by atoms with van der Waals surface area (Å²) in [6.07, 6.45) is 3.14. The Kier molecular flexibility index (Phi) is 4.11. The Labute approximate surface area is 85.5 Å². The van der Waals surface area contributed by atoms with E-state index in [4.69, 9.17) is 0 Å². The van der Waals surface area contributed by atoms with E-state index in [2.05, 4.69) is 6.58 Å². The molecule has 1 aromatic carbocycles. The molecular weight excluding hydrogens is 172 g/mol. The second-order valence-corrected chi connectivity index (χ2v) is 3.48. The average Bonchev–Trinajstić information content (AvgIpc) is 2.26. The molecule has 1 rings (SSSR count). The zero-order chi connectivity index (χ0) is 10.4. The lowest BCUT2D eigenvalue weighted by Gasteiger charge is -2.04. The van der Waals surface area contributed by atoms with Crippen LogP contribution >= 0.6 is 0 Å². The minimum atomic E-state index is -0.0151. The highest BCUT2D eigenvalue weighted by Crippen LogP contribution is 2.07. The van der Waals surface area contributed by atoms with Gasteiger partial charge in [-0.1, -0.05) is 43.3 Å². The zero-order valence-electron chi connectivity index (χ0n) is 8.57. The number of aryl methyl sites for hydroxylation is 1. The van der Waals surface area contributed by atoms with Crippen molar-refractivity contribution < 1.29 is 4.79 Å². The Hall–Kier alpha value is -1.37. The molecule has 0 aromatic heterocycles. The fraction of sp³-hybridized carbons (Fsp3) is 0.308. The minimum Gasteiger partial charge on any atom is -0.299 e. The second-order valence-electron chi connectivity index (χ2n) is 3.48.